The molecule has 1 fully saturated rings. The van der Waals surface area contributed by atoms with E-state index in [1.54, 1.807) is 0 Å². The SMILES string of the molecule is CCCNc1cc(C)ccc1C(=O)NCC1CCCN1C. The molecule has 1 heterocycles. The molecule has 1 aromatic rings. The molecule has 21 heavy (non-hydrogen) atoms. The molecule has 1 saturated heterocycles. The molecular weight excluding hydrogens is 262 g/mol. The Bertz CT molecular complexity index is 487. The summed E-state index contributed by atoms with van der Waals surface area (Å²) in [6.45, 7) is 6.92. The van der Waals surface area contributed by atoms with E-state index in [4.69, 9.17) is 0 Å². The molecule has 0 radical (unpaired) electrons. The third kappa shape index (κ3) is 4.21. The summed E-state index contributed by atoms with van der Waals surface area (Å²) in [5, 5.41) is 6.44. The Kier molecular flexibility index (Phi) is 5.62. The van der Waals surface area contributed by atoms with Gasteiger partial charge in [0, 0.05) is 24.8 Å². The molecule has 0 saturated carbocycles. The van der Waals surface area contributed by atoms with Crippen molar-refractivity contribution in [3.05, 3.63) is 29.3 Å². The topological polar surface area (TPSA) is 44.4 Å². The van der Waals surface area contributed by atoms with E-state index in [1.165, 1.54) is 18.4 Å². The lowest BCUT2D eigenvalue weighted by atomic mass is 10.1. The second-order valence-electron chi connectivity index (χ2n) is 5.96. The lowest BCUT2D eigenvalue weighted by Crippen LogP contribution is -2.38. The number of carbonyl (C=O) groups is 1. The van der Waals surface area contributed by atoms with E-state index in [0.29, 0.717) is 6.04 Å². The summed E-state index contributed by atoms with van der Waals surface area (Å²) in [5.41, 5.74) is 2.85. The minimum absolute atomic E-state index is 0.0221. The minimum Gasteiger partial charge on any atom is -0.384 e. The highest BCUT2D eigenvalue weighted by atomic mass is 16.1. The van der Waals surface area contributed by atoms with Crippen molar-refractivity contribution >= 4 is 11.6 Å². The van der Waals surface area contributed by atoms with Gasteiger partial charge in [-0.2, -0.15) is 0 Å². The van der Waals surface area contributed by atoms with Gasteiger partial charge in [-0.05, 0) is 57.5 Å². The van der Waals surface area contributed by atoms with Gasteiger partial charge in [0.2, 0.25) is 0 Å². The summed E-state index contributed by atoms with van der Waals surface area (Å²) in [6.07, 6.45) is 3.44. The molecular formula is C17H27N3O. The van der Waals surface area contributed by atoms with Gasteiger partial charge < -0.3 is 15.5 Å². The van der Waals surface area contributed by atoms with Crippen molar-refractivity contribution in [2.75, 3.05) is 32.0 Å². The second-order valence-corrected chi connectivity index (χ2v) is 5.96. The number of hydrogen-bond donors (Lipinski definition) is 2. The van der Waals surface area contributed by atoms with Gasteiger partial charge in [-0.1, -0.05) is 13.0 Å². The average Bonchev–Trinajstić information content (AvgIpc) is 2.88. The smallest absolute Gasteiger partial charge is 0.253 e. The van der Waals surface area contributed by atoms with Crippen molar-refractivity contribution < 1.29 is 4.79 Å². The number of likely N-dealkylation sites (N-methyl/N-ethyl adjacent to an activating group) is 1. The van der Waals surface area contributed by atoms with Crippen molar-refractivity contribution in [2.45, 2.75) is 39.2 Å². The molecule has 1 aliphatic rings. The van der Waals surface area contributed by atoms with E-state index in [0.717, 1.165) is 37.3 Å². The van der Waals surface area contributed by atoms with Gasteiger partial charge in [-0.25, -0.2) is 0 Å². The third-order valence-corrected chi connectivity index (χ3v) is 4.15. The fourth-order valence-corrected chi connectivity index (χ4v) is 2.80. The molecule has 1 aromatic carbocycles. The summed E-state index contributed by atoms with van der Waals surface area (Å²) in [7, 11) is 2.13. The molecule has 2 rings (SSSR count). The van der Waals surface area contributed by atoms with Gasteiger partial charge in [0.05, 0.1) is 5.56 Å². The van der Waals surface area contributed by atoms with Gasteiger partial charge in [0.15, 0.2) is 0 Å². The number of nitrogens with zero attached hydrogens (tertiary/aromatic N) is 1. The third-order valence-electron chi connectivity index (χ3n) is 4.15. The largest absolute Gasteiger partial charge is 0.384 e. The monoisotopic (exact) mass is 289 g/mol. The Balaban J connectivity index is 2.00. The zero-order valence-corrected chi connectivity index (χ0v) is 13.4. The van der Waals surface area contributed by atoms with Crippen LogP contribution in [0.3, 0.4) is 0 Å². The Labute approximate surface area is 127 Å². The molecule has 1 amide bonds. The summed E-state index contributed by atoms with van der Waals surface area (Å²) in [6, 6.07) is 6.44. The molecule has 0 spiro atoms. The maximum Gasteiger partial charge on any atom is 0.253 e. The number of likely N-dealkylation sites (tertiary alicyclic amines) is 1. The minimum atomic E-state index is 0.0221. The first-order chi connectivity index (χ1) is 10.1. The Hall–Kier alpha value is -1.55. The Morgan fingerprint density at radius 1 is 1.43 bits per heavy atom. The van der Waals surface area contributed by atoms with Gasteiger partial charge in [0.1, 0.15) is 0 Å². The summed E-state index contributed by atoms with van der Waals surface area (Å²) in [4.78, 5) is 14.8. The molecule has 4 nitrogen and oxygen atoms in total. The van der Waals surface area contributed by atoms with Crippen molar-refractivity contribution in [1.29, 1.82) is 0 Å². The maximum atomic E-state index is 12.4. The molecule has 116 valence electrons. The quantitative estimate of drug-likeness (QED) is 0.846. The lowest BCUT2D eigenvalue weighted by Gasteiger charge is -2.20. The van der Waals surface area contributed by atoms with Crippen molar-refractivity contribution in [3.63, 3.8) is 0 Å². The number of hydrogen-bond acceptors (Lipinski definition) is 3. The normalized spacial score (nSPS) is 18.7. The van der Waals surface area contributed by atoms with E-state index in [-0.39, 0.29) is 5.91 Å². The number of amides is 1. The Morgan fingerprint density at radius 3 is 2.90 bits per heavy atom. The second kappa shape index (κ2) is 7.46. The molecule has 2 N–H and O–H groups in total. The first-order valence-electron chi connectivity index (χ1n) is 7.94. The lowest BCUT2D eigenvalue weighted by molar-refractivity contribution is 0.0944. The van der Waals surface area contributed by atoms with Crippen LogP contribution in [-0.4, -0.2) is 43.5 Å². The predicted molar refractivity (Wildman–Crippen MR) is 87.9 cm³/mol. The number of rotatable bonds is 6. The molecule has 1 atom stereocenters. The molecule has 4 heteroatoms. The highest BCUT2D eigenvalue weighted by molar-refractivity contribution is 5.99. The van der Waals surface area contributed by atoms with Crippen LogP contribution in [0.5, 0.6) is 0 Å². The van der Waals surface area contributed by atoms with Gasteiger partial charge in [0.25, 0.3) is 5.91 Å². The van der Waals surface area contributed by atoms with Crippen LogP contribution in [0.2, 0.25) is 0 Å². The standard InChI is InChI=1S/C17H27N3O/c1-4-9-18-16-11-13(2)7-8-15(16)17(21)19-12-14-6-5-10-20(14)3/h7-8,11,14,18H,4-6,9-10,12H2,1-3H3,(H,19,21). The Morgan fingerprint density at radius 2 is 2.24 bits per heavy atom. The number of aryl methyl sites for hydroxylation is 1. The summed E-state index contributed by atoms with van der Waals surface area (Å²) < 4.78 is 0. The van der Waals surface area contributed by atoms with E-state index < -0.39 is 0 Å². The van der Waals surface area contributed by atoms with Crippen molar-refractivity contribution in [1.82, 2.24) is 10.2 Å². The van der Waals surface area contributed by atoms with Crippen LogP contribution >= 0.6 is 0 Å². The van der Waals surface area contributed by atoms with Gasteiger partial charge >= 0.3 is 0 Å². The molecule has 0 aromatic heterocycles. The molecule has 0 bridgehead atoms. The first kappa shape index (κ1) is 15.8. The number of anilines is 1. The van der Waals surface area contributed by atoms with E-state index in [2.05, 4.69) is 29.5 Å². The van der Waals surface area contributed by atoms with Gasteiger partial charge in [-0.3, -0.25) is 4.79 Å². The van der Waals surface area contributed by atoms with E-state index >= 15 is 0 Å². The predicted octanol–water partition coefficient (Wildman–Crippen LogP) is 2.64. The first-order valence-corrected chi connectivity index (χ1v) is 7.94. The highest BCUT2D eigenvalue weighted by Gasteiger charge is 2.21. The van der Waals surface area contributed by atoms with Gasteiger partial charge in [-0.15, -0.1) is 0 Å². The molecule has 1 aliphatic heterocycles. The summed E-state index contributed by atoms with van der Waals surface area (Å²) in [5.74, 6) is 0.0221. The van der Waals surface area contributed by atoms with E-state index in [9.17, 15) is 4.79 Å². The zero-order chi connectivity index (χ0) is 15.2. The molecule has 1 unspecified atom stereocenters. The molecule has 0 aliphatic carbocycles. The van der Waals surface area contributed by atoms with Crippen molar-refractivity contribution in [2.24, 2.45) is 0 Å². The van der Waals surface area contributed by atoms with Crippen LogP contribution in [0.25, 0.3) is 0 Å². The van der Waals surface area contributed by atoms with E-state index in [1.807, 2.05) is 25.1 Å². The van der Waals surface area contributed by atoms with Crippen LogP contribution in [-0.2, 0) is 0 Å². The van der Waals surface area contributed by atoms with Crippen LogP contribution in [0.4, 0.5) is 5.69 Å². The fraction of sp³-hybridized carbons (Fsp3) is 0.588. The highest BCUT2D eigenvalue weighted by Crippen LogP contribution is 2.18. The fourth-order valence-electron chi connectivity index (χ4n) is 2.80. The van der Waals surface area contributed by atoms with Crippen molar-refractivity contribution in [3.8, 4) is 0 Å². The van der Waals surface area contributed by atoms with Crippen LogP contribution in [0, 0.1) is 6.92 Å². The zero-order valence-electron chi connectivity index (χ0n) is 13.4. The average molecular weight is 289 g/mol. The number of benzene rings is 1. The van der Waals surface area contributed by atoms with Crippen LogP contribution in [0.15, 0.2) is 18.2 Å². The van der Waals surface area contributed by atoms with Crippen LogP contribution < -0.4 is 10.6 Å². The maximum absolute atomic E-state index is 12.4. The van der Waals surface area contributed by atoms with Crippen LogP contribution in [0.1, 0.15) is 42.1 Å². The summed E-state index contributed by atoms with van der Waals surface area (Å²) >= 11 is 0. The number of nitrogens with one attached hydrogen (secondary N) is 2. The number of carbonyl (C=O) groups excluding carboxylic acids is 1.